The molecule has 3 N–H and O–H groups in total. The number of nitrogens with zero attached hydrogens (tertiary/aromatic N) is 3. The van der Waals surface area contributed by atoms with Crippen LogP contribution in [0, 0.1) is 27.7 Å². The maximum absolute atomic E-state index is 12.7. The van der Waals surface area contributed by atoms with E-state index in [0.29, 0.717) is 16.7 Å². The van der Waals surface area contributed by atoms with Gasteiger partial charge in [0, 0.05) is 23.9 Å². The first-order chi connectivity index (χ1) is 16.7. The Kier molecular flexibility index (Phi) is 7.02. The first-order valence-electron chi connectivity index (χ1n) is 11.0. The minimum absolute atomic E-state index is 0.137. The molecule has 0 saturated carbocycles. The van der Waals surface area contributed by atoms with Gasteiger partial charge < -0.3 is 10.3 Å². The normalized spacial score (nSPS) is 11.0. The lowest BCUT2D eigenvalue weighted by atomic mass is 10.1. The summed E-state index contributed by atoms with van der Waals surface area (Å²) in [5.41, 5.74) is 5.19. The third-order valence-corrected chi connectivity index (χ3v) is 6.61. The van der Waals surface area contributed by atoms with Crippen molar-refractivity contribution in [2.75, 3.05) is 11.1 Å². The molecule has 180 valence electrons. The summed E-state index contributed by atoms with van der Waals surface area (Å²) in [4.78, 5) is 41.0. The molecule has 0 fully saturated rings. The molecule has 0 bridgehead atoms. The van der Waals surface area contributed by atoms with Crippen LogP contribution in [0.15, 0.2) is 57.2 Å². The Morgan fingerprint density at radius 3 is 2.57 bits per heavy atom. The van der Waals surface area contributed by atoms with E-state index in [-0.39, 0.29) is 18.1 Å². The van der Waals surface area contributed by atoms with Gasteiger partial charge in [-0.15, -0.1) is 10.2 Å². The van der Waals surface area contributed by atoms with Crippen LogP contribution in [0.3, 0.4) is 0 Å². The number of thioether (sulfide) groups is 1. The molecular weight excluding hydrogens is 464 g/mol. The van der Waals surface area contributed by atoms with E-state index in [1.807, 2.05) is 68.7 Å². The Labute approximate surface area is 206 Å². The average molecular weight is 491 g/mol. The number of nitrogens with one attached hydrogen (secondary N) is 3. The number of aromatic amines is 2. The first kappa shape index (κ1) is 24.2. The summed E-state index contributed by atoms with van der Waals surface area (Å²) < 4.78 is 1.87. The largest absolute Gasteiger partial charge is 0.325 e. The van der Waals surface area contributed by atoms with Gasteiger partial charge in [0.15, 0.2) is 5.16 Å². The Bertz CT molecular complexity index is 1490. The fourth-order valence-electron chi connectivity index (χ4n) is 3.70. The van der Waals surface area contributed by atoms with E-state index in [2.05, 4.69) is 25.5 Å². The smallest absolute Gasteiger partial charge is 0.325 e. The van der Waals surface area contributed by atoms with Gasteiger partial charge in [0.2, 0.25) is 5.91 Å². The minimum atomic E-state index is -0.581. The second-order valence-electron chi connectivity index (χ2n) is 8.40. The Hall–Kier alpha value is -3.92. The Morgan fingerprint density at radius 1 is 1.00 bits per heavy atom. The van der Waals surface area contributed by atoms with Crippen molar-refractivity contribution in [2.24, 2.45) is 0 Å². The molecule has 0 spiro atoms. The molecule has 4 aromatic rings. The van der Waals surface area contributed by atoms with Crippen LogP contribution in [0.1, 0.15) is 33.8 Å². The second kappa shape index (κ2) is 10.1. The van der Waals surface area contributed by atoms with Crippen molar-refractivity contribution in [3.05, 3.63) is 97.1 Å². The maximum Gasteiger partial charge on any atom is 0.325 e. The standard InChI is InChI=1S/C25H26N6O3S/c1-14-8-9-16(3)20(10-14)31-21(11-18-12-22(32)28-24(34)26-18)29-30-25(31)35-13-23(33)27-19-7-5-6-15(2)17(19)4/h5-10,12H,11,13H2,1-4H3,(H,27,33)(H2,26,28,32,34). The number of benzene rings is 2. The van der Waals surface area contributed by atoms with Gasteiger partial charge in [0.25, 0.3) is 5.56 Å². The van der Waals surface area contributed by atoms with E-state index in [1.165, 1.54) is 17.8 Å². The SMILES string of the molecule is Cc1ccc(C)c(-n2c(Cc3cc(=O)[nH]c(=O)[nH]3)nnc2SCC(=O)Nc2cccc(C)c2C)c1. The lowest BCUT2D eigenvalue weighted by molar-refractivity contribution is -0.113. The molecule has 2 aromatic heterocycles. The lowest BCUT2D eigenvalue weighted by Crippen LogP contribution is -2.23. The predicted octanol–water partition coefficient (Wildman–Crippen LogP) is 3.20. The lowest BCUT2D eigenvalue weighted by Gasteiger charge is -2.14. The number of rotatable bonds is 7. The van der Waals surface area contributed by atoms with Gasteiger partial charge >= 0.3 is 5.69 Å². The molecule has 35 heavy (non-hydrogen) atoms. The highest BCUT2D eigenvalue weighted by atomic mass is 32.2. The van der Waals surface area contributed by atoms with Crippen molar-refractivity contribution in [2.45, 2.75) is 39.3 Å². The van der Waals surface area contributed by atoms with Gasteiger partial charge in [-0.05, 0) is 62.1 Å². The third-order valence-electron chi connectivity index (χ3n) is 5.68. The maximum atomic E-state index is 12.7. The van der Waals surface area contributed by atoms with Crippen molar-refractivity contribution < 1.29 is 4.79 Å². The Balaban J connectivity index is 1.64. The molecule has 2 heterocycles. The van der Waals surface area contributed by atoms with Gasteiger partial charge in [0.05, 0.1) is 11.4 Å². The zero-order chi connectivity index (χ0) is 25.1. The number of anilines is 1. The quantitative estimate of drug-likeness (QED) is 0.342. The molecule has 0 saturated heterocycles. The molecule has 0 aliphatic rings. The molecular formula is C25H26N6O3S. The molecule has 0 atom stereocenters. The van der Waals surface area contributed by atoms with Crippen LogP contribution in [0.5, 0.6) is 0 Å². The van der Waals surface area contributed by atoms with Gasteiger partial charge in [-0.25, -0.2) is 4.79 Å². The summed E-state index contributed by atoms with van der Waals surface area (Å²) in [6, 6.07) is 13.2. The van der Waals surface area contributed by atoms with Crippen molar-refractivity contribution >= 4 is 23.4 Å². The van der Waals surface area contributed by atoms with Crippen molar-refractivity contribution in [3.8, 4) is 5.69 Å². The molecule has 0 radical (unpaired) electrons. The van der Waals surface area contributed by atoms with Crippen molar-refractivity contribution in [1.29, 1.82) is 0 Å². The van der Waals surface area contributed by atoms with Gasteiger partial charge in [-0.1, -0.05) is 36.0 Å². The molecule has 0 aliphatic heterocycles. The number of aryl methyl sites for hydroxylation is 3. The van der Waals surface area contributed by atoms with E-state index < -0.39 is 11.2 Å². The highest BCUT2D eigenvalue weighted by Gasteiger charge is 2.19. The van der Waals surface area contributed by atoms with Gasteiger partial charge in [-0.2, -0.15) is 0 Å². The fraction of sp³-hybridized carbons (Fsp3) is 0.240. The highest BCUT2D eigenvalue weighted by Crippen LogP contribution is 2.26. The molecule has 4 rings (SSSR count). The zero-order valence-corrected chi connectivity index (χ0v) is 20.7. The van der Waals surface area contributed by atoms with E-state index in [9.17, 15) is 14.4 Å². The molecule has 0 unspecified atom stereocenters. The van der Waals surface area contributed by atoms with Gasteiger partial charge in [-0.3, -0.25) is 19.1 Å². The van der Waals surface area contributed by atoms with Crippen LogP contribution < -0.4 is 16.6 Å². The number of carbonyl (C=O) groups excluding carboxylic acids is 1. The van der Waals surface area contributed by atoms with Crippen LogP contribution in [0.2, 0.25) is 0 Å². The van der Waals surface area contributed by atoms with E-state index in [4.69, 9.17) is 0 Å². The van der Waals surface area contributed by atoms with E-state index in [0.717, 1.165) is 33.6 Å². The van der Waals surface area contributed by atoms with E-state index >= 15 is 0 Å². The van der Waals surface area contributed by atoms with Crippen LogP contribution in [0.25, 0.3) is 5.69 Å². The number of hydrogen-bond acceptors (Lipinski definition) is 6. The number of amides is 1. The Morgan fingerprint density at radius 2 is 1.80 bits per heavy atom. The summed E-state index contributed by atoms with van der Waals surface area (Å²) in [6.45, 7) is 7.95. The number of H-pyrrole nitrogens is 2. The summed E-state index contributed by atoms with van der Waals surface area (Å²) in [5.74, 6) is 0.523. The minimum Gasteiger partial charge on any atom is -0.325 e. The highest BCUT2D eigenvalue weighted by molar-refractivity contribution is 7.99. The first-order valence-corrected chi connectivity index (χ1v) is 12.0. The molecule has 10 heteroatoms. The number of carbonyl (C=O) groups is 1. The fourth-order valence-corrected chi connectivity index (χ4v) is 4.46. The third kappa shape index (κ3) is 5.60. The monoisotopic (exact) mass is 490 g/mol. The summed E-state index contributed by atoms with van der Waals surface area (Å²) in [7, 11) is 0. The van der Waals surface area contributed by atoms with Crippen LogP contribution in [0.4, 0.5) is 5.69 Å². The molecule has 0 aliphatic carbocycles. The van der Waals surface area contributed by atoms with Gasteiger partial charge in [0.1, 0.15) is 5.82 Å². The summed E-state index contributed by atoms with van der Waals surface area (Å²) >= 11 is 1.27. The van der Waals surface area contributed by atoms with Crippen LogP contribution in [-0.2, 0) is 11.2 Å². The van der Waals surface area contributed by atoms with Crippen LogP contribution >= 0.6 is 11.8 Å². The van der Waals surface area contributed by atoms with Crippen molar-refractivity contribution in [3.63, 3.8) is 0 Å². The average Bonchev–Trinajstić information content (AvgIpc) is 3.18. The topological polar surface area (TPSA) is 126 Å². The second-order valence-corrected chi connectivity index (χ2v) is 9.34. The molecule has 1 amide bonds. The molecule has 9 nitrogen and oxygen atoms in total. The summed E-state index contributed by atoms with van der Waals surface area (Å²) in [5, 5.41) is 12.2. The number of aromatic nitrogens is 5. The van der Waals surface area contributed by atoms with Crippen molar-refractivity contribution in [1.82, 2.24) is 24.7 Å². The van der Waals surface area contributed by atoms with Crippen LogP contribution in [-0.4, -0.2) is 36.4 Å². The summed E-state index contributed by atoms with van der Waals surface area (Å²) in [6.07, 6.45) is 0.189. The molecule has 2 aromatic carbocycles. The zero-order valence-electron chi connectivity index (χ0n) is 19.9. The number of hydrogen-bond donors (Lipinski definition) is 3. The predicted molar refractivity (Wildman–Crippen MR) is 137 cm³/mol. The van der Waals surface area contributed by atoms with E-state index in [1.54, 1.807) is 0 Å².